The number of benzene rings is 3. The maximum atomic E-state index is 12.4. The highest BCUT2D eigenvalue weighted by Crippen LogP contribution is 2.27. The average Bonchev–Trinajstić information content (AvgIpc) is 2.79. The van der Waals surface area contributed by atoms with Gasteiger partial charge in [0.05, 0.1) is 28.3 Å². The van der Waals surface area contributed by atoms with E-state index in [9.17, 15) is 14.9 Å². The first kappa shape index (κ1) is 23.2. The minimum absolute atomic E-state index is 0.00554. The molecule has 10 heteroatoms. The largest absolute Gasteiger partial charge is 0.496 e. The quantitative estimate of drug-likeness (QED) is 0.246. The van der Waals surface area contributed by atoms with Crippen LogP contribution in [0.2, 0.25) is 5.02 Å². The Balaban J connectivity index is 1.63. The SMILES string of the molecule is COc1ccc([N+](=O)[O-])cc1C(=O)N/N=C\c1ccc(OCc2ccc(Cl)cc2)c(Br)c1. The van der Waals surface area contributed by atoms with Crippen molar-refractivity contribution < 1.29 is 19.2 Å². The van der Waals surface area contributed by atoms with Crippen LogP contribution in [0, 0.1) is 10.1 Å². The number of nitrogens with one attached hydrogen (secondary N) is 1. The van der Waals surface area contributed by atoms with Crippen LogP contribution in [0.5, 0.6) is 11.5 Å². The lowest BCUT2D eigenvalue weighted by Crippen LogP contribution is -2.18. The van der Waals surface area contributed by atoms with Gasteiger partial charge in [0, 0.05) is 17.2 Å². The second-order valence-corrected chi connectivity index (χ2v) is 7.74. The number of amides is 1. The molecule has 3 aromatic rings. The molecule has 0 atom stereocenters. The Hall–Kier alpha value is -3.43. The predicted octanol–water partition coefficient (Wildman–Crippen LogP) is 5.36. The number of non-ortho nitro benzene ring substituents is 1. The normalized spacial score (nSPS) is 10.7. The number of ether oxygens (including phenoxy) is 2. The molecule has 0 aromatic heterocycles. The first-order valence-corrected chi connectivity index (χ1v) is 10.4. The Labute approximate surface area is 197 Å². The molecular formula is C22H17BrClN3O5. The monoisotopic (exact) mass is 517 g/mol. The molecule has 0 heterocycles. The van der Waals surface area contributed by atoms with Crippen molar-refractivity contribution >= 4 is 45.3 Å². The second kappa shape index (κ2) is 10.7. The van der Waals surface area contributed by atoms with Crippen LogP contribution in [0.15, 0.2) is 70.2 Å². The highest BCUT2D eigenvalue weighted by molar-refractivity contribution is 9.10. The number of nitro groups is 1. The fourth-order valence-electron chi connectivity index (χ4n) is 2.67. The van der Waals surface area contributed by atoms with Gasteiger partial charge in [-0.15, -0.1) is 0 Å². The number of halogens is 2. The van der Waals surface area contributed by atoms with Crippen LogP contribution in [0.3, 0.4) is 0 Å². The molecule has 3 rings (SSSR count). The number of methoxy groups -OCH3 is 1. The molecular weight excluding hydrogens is 502 g/mol. The van der Waals surface area contributed by atoms with Crippen molar-refractivity contribution in [1.29, 1.82) is 0 Å². The standard InChI is InChI=1S/C22H17BrClN3O5/c1-31-20-9-7-17(27(29)30)11-18(20)22(28)26-25-12-15-4-8-21(19(23)10-15)32-13-14-2-5-16(24)6-3-14/h2-12H,13H2,1H3,(H,26,28)/b25-12-. The maximum absolute atomic E-state index is 12.4. The number of carbonyl (C=O) groups excluding carboxylic acids is 1. The number of carbonyl (C=O) groups is 1. The van der Waals surface area contributed by atoms with Gasteiger partial charge in [0.1, 0.15) is 18.1 Å². The zero-order valence-corrected chi connectivity index (χ0v) is 19.1. The number of hydrazone groups is 1. The highest BCUT2D eigenvalue weighted by Gasteiger charge is 2.17. The molecule has 0 spiro atoms. The average molecular weight is 519 g/mol. The summed E-state index contributed by atoms with van der Waals surface area (Å²) in [5.41, 5.74) is 3.80. The molecule has 0 saturated heterocycles. The topological polar surface area (TPSA) is 103 Å². The third-order valence-corrected chi connectivity index (χ3v) is 5.15. The summed E-state index contributed by atoms with van der Waals surface area (Å²) in [6.07, 6.45) is 1.44. The summed E-state index contributed by atoms with van der Waals surface area (Å²) in [6, 6.07) is 16.4. The van der Waals surface area contributed by atoms with Gasteiger partial charge in [-0.3, -0.25) is 14.9 Å². The molecule has 32 heavy (non-hydrogen) atoms. The van der Waals surface area contributed by atoms with E-state index in [0.717, 1.165) is 11.6 Å². The molecule has 1 amide bonds. The van der Waals surface area contributed by atoms with Crippen molar-refractivity contribution in [3.05, 3.63) is 97.0 Å². The van der Waals surface area contributed by atoms with Gasteiger partial charge in [0.25, 0.3) is 11.6 Å². The number of nitro benzene ring substituents is 1. The Morgan fingerprint density at radius 1 is 1.16 bits per heavy atom. The summed E-state index contributed by atoms with van der Waals surface area (Å²) in [7, 11) is 1.37. The van der Waals surface area contributed by atoms with E-state index in [1.807, 2.05) is 12.1 Å². The van der Waals surface area contributed by atoms with Gasteiger partial charge in [-0.05, 0) is 63.5 Å². The molecule has 0 bridgehead atoms. The molecule has 0 radical (unpaired) electrons. The smallest absolute Gasteiger partial charge is 0.275 e. The Bertz CT molecular complexity index is 1170. The number of hydrogen-bond donors (Lipinski definition) is 1. The minimum atomic E-state index is -0.635. The van der Waals surface area contributed by atoms with Crippen LogP contribution in [-0.4, -0.2) is 24.2 Å². The number of rotatable bonds is 8. The Morgan fingerprint density at radius 3 is 2.53 bits per heavy atom. The van der Waals surface area contributed by atoms with Crippen LogP contribution in [0.4, 0.5) is 5.69 Å². The molecule has 0 saturated carbocycles. The second-order valence-electron chi connectivity index (χ2n) is 6.45. The van der Waals surface area contributed by atoms with Crippen LogP contribution < -0.4 is 14.9 Å². The molecule has 3 aromatic carbocycles. The lowest BCUT2D eigenvalue weighted by molar-refractivity contribution is -0.384. The van der Waals surface area contributed by atoms with Crippen molar-refractivity contribution in [2.24, 2.45) is 5.10 Å². The van der Waals surface area contributed by atoms with Gasteiger partial charge in [-0.25, -0.2) is 5.43 Å². The molecule has 0 fully saturated rings. The van der Waals surface area contributed by atoms with Gasteiger partial charge in [-0.2, -0.15) is 5.10 Å². The van der Waals surface area contributed by atoms with E-state index >= 15 is 0 Å². The summed E-state index contributed by atoms with van der Waals surface area (Å²) in [5, 5.41) is 15.5. The maximum Gasteiger partial charge on any atom is 0.275 e. The van der Waals surface area contributed by atoms with Crippen molar-refractivity contribution in [1.82, 2.24) is 5.43 Å². The van der Waals surface area contributed by atoms with E-state index in [0.29, 0.717) is 27.4 Å². The zero-order valence-electron chi connectivity index (χ0n) is 16.7. The molecule has 0 aliphatic heterocycles. The van der Waals surface area contributed by atoms with Gasteiger partial charge in [-0.1, -0.05) is 23.7 Å². The number of hydrogen-bond acceptors (Lipinski definition) is 6. The van der Waals surface area contributed by atoms with E-state index < -0.39 is 10.8 Å². The van der Waals surface area contributed by atoms with E-state index in [-0.39, 0.29) is 17.0 Å². The van der Waals surface area contributed by atoms with E-state index in [2.05, 4.69) is 26.5 Å². The molecule has 0 aliphatic rings. The lowest BCUT2D eigenvalue weighted by Gasteiger charge is -2.09. The third kappa shape index (κ3) is 6.05. The summed E-state index contributed by atoms with van der Waals surface area (Å²) in [5.74, 6) is 0.208. The van der Waals surface area contributed by atoms with Crippen LogP contribution >= 0.6 is 27.5 Å². The van der Waals surface area contributed by atoms with Crippen molar-refractivity contribution in [2.75, 3.05) is 7.11 Å². The van der Waals surface area contributed by atoms with E-state index in [1.165, 1.54) is 25.5 Å². The summed E-state index contributed by atoms with van der Waals surface area (Å²) in [6.45, 7) is 0.379. The molecule has 8 nitrogen and oxygen atoms in total. The molecule has 0 unspecified atom stereocenters. The van der Waals surface area contributed by atoms with Crippen LogP contribution in [0.25, 0.3) is 0 Å². The summed E-state index contributed by atoms with van der Waals surface area (Å²) < 4.78 is 11.6. The first-order valence-electron chi connectivity index (χ1n) is 9.20. The Morgan fingerprint density at radius 2 is 1.88 bits per heavy atom. The first-order chi connectivity index (χ1) is 15.4. The zero-order chi connectivity index (χ0) is 23.1. The fraction of sp³-hybridized carbons (Fsp3) is 0.0909. The van der Waals surface area contributed by atoms with Crippen molar-refractivity contribution in [2.45, 2.75) is 6.61 Å². The fourth-order valence-corrected chi connectivity index (χ4v) is 3.31. The van der Waals surface area contributed by atoms with Gasteiger partial charge in [0.2, 0.25) is 0 Å². The predicted molar refractivity (Wildman–Crippen MR) is 125 cm³/mol. The van der Waals surface area contributed by atoms with Gasteiger partial charge >= 0.3 is 0 Å². The Kier molecular flexibility index (Phi) is 7.80. The third-order valence-electron chi connectivity index (χ3n) is 4.28. The van der Waals surface area contributed by atoms with Crippen LogP contribution in [-0.2, 0) is 6.61 Å². The van der Waals surface area contributed by atoms with Gasteiger partial charge in [0.15, 0.2) is 0 Å². The summed E-state index contributed by atoms with van der Waals surface area (Å²) >= 11 is 9.34. The van der Waals surface area contributed by atoms with Crippen LogP contribution in [0.1, 0.15) is 21.5 Å². The van der Waals surface area contributed by atoms with Crippen molar-refractivity contribution in [3.63, 3.8) is 0 Å². The van der Waals surface area contributed by atoms with E-state index in [4.69, 9.17) is 21.1 Å². The highest BCUT2D eigenvalue weighted by atomic mass is 79.9. The summed E-state index contributed by atoms with van der Waals surface area (Å²) in [4.78, 5) is 22.8. The molecule has 1 N–H and O–H groups in total. The lowest BCUT2D eigenvalue weighted by atomic mass is 10.1. The number of nitrogens with zero attached hydrogens (tertiary/aromatic N) is 2. The van der Waals surface area contributed by atoms with Gasteiger partial charge < -0.3 is 9.47 Å². The minimum Gasteiger partial charge on any atom is -0.496 e. The van der Waals surface area contributed by atoms with Crippen molar-refractivity contribution in [3.8, 4) is 11.5 Å². The molecule has 164 valence electrons. The van der Waals surface area contributed by atoms with E-state index in [1.54, 1.807) is 30.3 Å². The molecule has 0 aliphatic carbocycles.